The van der Waals surface area contributed by atoms with Crippen molar-refractivity contribution in [3.05, 3.63) is 66.0 Å². The first kappa shape index (κ1) is 13.8. The van der Waals surface area contributed by atoms with E-state index in [9.17, 15) is 4.79 Å². The monoisotopic (exact) mass is 281 g/mol. The van der Waals surface area contributed by atoms with Crippen LogP contribution in [0.25, 0.3) is 0 Å². The number of nitrogens with two attached hydrogens (primary N) is 1. The Labute approximate surface area is 124 Å². The van der Waals surface area contributed by atoms with Gasteiger partial charge in [0.2, 0.25) is 5.91 Å². The van der Waals surface area contributed by atoms with E-state index in [1.807, 2.05) is 30.5 Å². The highest BCUT2D eigenvalue weighted by molar-refractivity contribution is 5.78. The Morgan fingerprint density at radius 2 is 2.00 bits per heavy atom. The summed E-state index contributed by atoms with van der Waals surface area (Å²) in [5, 5.41) is 0. The average Bonchev–Trinajstić information content (AvgIpc) is 2.93. The Morgan fingerprint density at radius 3 is 2.67 bits per heavy atom. The molecule has 3 rings (SSSR count). The van der Waals surface area contributed by atoms with E-state index < -0.39 is 0 Å². The van der Waals surface area contributed by atoms with Gasteiger partial charge < -0.3 is 5.73 Å². The number of hydrogen-bond donors (Lipinski definition) is 1. The molecule has 108 valence electrons. The van der Waals surface area contributed by atoms with Crippen molar-refractivity contribution < 1.29 is 4.79 Å². The second kappa shape index (κ2) is 6.06. The van der Waals surface area contributed by atoms with Gasteiger partial charge >= 0.3 is 0 Å². The maximum atomic E-state index is 11.8. The zero-order valence-corrected chi connectivity index (χ0v) is 11.9. The van der Waals surface area contributed by atoms with E-state index in [2.05, 4.69) is 28.1 Å². The Balaban J connectivity index is 1.77. The van der Waals surface area contributed by atoms with Crippen LogP contribution in [0, 0.1) is 5.92 Å². The fourth-order valence-electron chi connectivity index (χ4n) is 3.09. The SMILES string of the molecule is NC(=O)[C@@H]1CN(Cc2cccnc2)C[C@H]1c1ccccc1. The summed E-state index contributed by atoms with van der Waals surface area (Å²) in [5.74, 6) is -0.151. The van der Waals surface area contributed by atoms with Crippen molar-refractivity contribution in [2.24, 2.45) is 11.7 Å². The molecule has 0 radical (unpaired) electrons. The molecule has 2 heterocycles. The molecule has 2 atom stereocenters. The van der Waals surface area contributed by atoms with Gasteiger partial charge in [-0.15, -0.1) is 0 Å². The number of carbonyl (C=O) groups is 1. The molecule has 1 aromatic carbocycles. The van der Waals surface area contributed by atoms with Gasteiger partial charge in [0.15, 0.2) is 0 Å². The van der Waals surface area contributed by atoms with Crippen molar-refractivity contribution in [2.75, 3.05) is 13.1 Å². The number of likely N-dealkylation sites (tertiary alicyclic amines) is 1. The van der Waals surface area contributed by atoms with Gasteiger partial charge in [0.1, 0.15) is 0 Å². The van der Waals surface area contributed by atoms with Gasteiger partial charge in [0.05, 0.1) is 5.92 Å². The van der Waals surface area contributed by atoms with Gasteiger partial charge in [-0.1, -0.05) is 36.4 Å². The van der Waals surface area contributed by atoms with Crippen LogP contribution >= 0.6 is 0 Å². The number of aromatic nitrogens is 1. The minimum Gasteiger partial charge on any atom is -0.369 e. The highest BCUT2D eigenvalue weighted by Gasteiger charge is 2.37. The smallest absolute Gasteiger partial charge is 0.222 e. The molecule has 0 aliphatic carbocycles. The molecule has 1 aliphatic heterocycles. The zero-order chi connectivity index (χ0) is 14.7. The first-order valence-corrected chi connectivity index (χ1v) is 7.19. The van der Waals surface area contributed by atoms with E-state index in [1.54, 1.807) is 6.20 Å². The van der Waals surface area contributed by atoms with Gasteiger partial charge in [-0.05, 0) is 17.2 Å². The molecule has 4 heteroatoms. The van der Waals surface area contributed by atoms with Crippen LogP contribution in [0.2, 0.25) is 0 Å². The van der Waals surface area contributed by atoms with Crippen LogP contribution in [0.4, 0.5) is 0 Å². The molecule has 1 amide bonds. The highest BCUT2D eigenvalue weighted by atomic mass is 16.1. The first-order chi connectivity index (χ1) is 10.2. The molecule has 0 unspecified atom stereocenters. The van der Waals surface area contributed by atoms with Crippen LogP contribution in [0.3, 0.4) is 0 Å². The number of rotatable bonds is 4. The number of carbonyl (C=O) groups excluding carboxylic acids is 1. The van der Waals surface area contributed by atoms with Crippen molar-refractivity contribution >= 4 is 5.91 Å². The van der Waals surface area contributed by atoms with Crippen molar-refractivity contribution in [2.45, 2.75) is 12.5 Å². The minimum atomic E-state index is -0.211. The van der Waals surface area contributed by atoms with E-state index in [0.29, 0.717) is 6.54 Å². The van der Waals surface area contributed by atoms with E-state index in [0.717, 1.165) is 18.7 Å². The number of amides is 1. The molecule has 2 aromatic rings. The number of primary amides is 1. The molecule has 1 saturated heterocycles. The lowest BCUT2D eigenvalue weighted by Gasteiger charge is -2.16. The topological polar surface area (TPSA) is 59.2 Å². The average molecular weight is 281 g/mol. The van der Waals surface area contributed by atoms with Crippen LogP contribution in [0.1, 0.15) is 17.0 Å². The zero-order valence-electron chi connectivity index (χ0n) is 11.9. The van der Waals surface area contributed by atoms with Crippen LogP contribution < -0.4 is 5.73 Å². The predicted molar refractivity (Wildman–Crippen MR) is 81.4 cm³/mol. The highest BCUT2D eigenvalue weighted by Crippen LogP contribution is 2.33. The third-order valence-electron chi connectivity index (χ3n) is 4.12. The Morgan fingerprint density at radius 1 is 1.19 bits per heavy atom. The van der Waals surface area contributed by atoms with Crippen molar-refractivity contribution in [1.82, 2.24) is 9.88 Å². The summed E-state index contributed by atoms with van der Waals surface area (Å²) >= 11 is 0. The summed E-state index contributed by atoms with van der Waals surface area (Å²) < 4.78 is 0. The first-order valence-electron chi connectivity index (χ1n) is 7.19. The fourth-order valence-corrected chi connectivity index (χ4v) is 3.09. The summed E-state index contributed by atoms with van der Waals surface area (Å²) in [5.41, 5.74) is 7.95. The van der Waals surface area contributed by atoms with Gasteiger partial charge in [0.25, 0.3) is 0 Å². The Kier molecular flexibility index (Phi) is 3.97. The lowest BCUT2D eigenvalue weighted by molar-refractivity contribution is -0.121. The van der Waals surface area contributed by atoms with Gasteiger partial charge in [-0.25, -0.2) is 0 Å². The van der Waals surface area contributed by atoms with Crippen LogP contribution in [-0.2, 0) is 11.3 Å². The molecule has 0 saturated carbocycles. The fraction of sp³-hybridized carbons (Fsp3) is 0.294. The Hall–Kier alpha value is -2.20. The van der Waals surface area contributed by atoms with E-state index in [4.69, 9.17) is 5.73 Å². The molecule has 4 nitrogen and oxygen atoms in total. The molecule has 2 N–H and O–H groups in total. The lowest BCUT2D eigenvalue weighted by Crippen LogP contribution is -2.29. The third kappa shape index (κ3) is 3.11. The molecule has 1 aliphatic rings. The molecule has 0 bridgehead atoms. The normalized spacial score (nSPS) is 22.3. The lowest BCUT2D eigenvalue weighted by atomic mass is 9.89. The van der Waals surface area contributed by atoms with Crippen LogP contribution in [0.15, 0.2) is 54.9 Å². The maximum Gasteiger partial charge on any atom is 0.222 e. The predicted octanol–water partition coefficient (Wildman–Crippen LogP) is 1.78. The number of benzene rings is 1. The van der Waals surface area contributed by atoms with Crippen LogP contribution in [-0.4, -0.2) is 28.9 Å². The van der Waals surface area contributed by atoms with E-state index >= 15 is 0 Å². The summed E-state index contributed by atoms with van der Waals surface area (Å²) in [6, 6.07) is 14.2. The van der Waals surface area contributed by atoms with E-state index in [1.165, 1.54) is 5.56 Å². The molecule has 1 fully saturated rings. The third-order valence-corrected chi connectivity index (χ3v) is 4.12. The molecule has 1 aromatic heterocycles. The molecular formula is C17H19N3O. The molecule has 0 spiro atoms. The number of hydrogen-bond acceptors (Lipinski definition) is 3. The van der Waals surface area contributed by atoms with Crippen molar-refractivity contribution in [3.63, 3.8) is 0 Å². The quantitative estimate of drug-likeness (QED) is 0.929. The van der Waals surface area contributed by atoms with Gasteiger partial charge in [0, 0.05) is 37.9 Å². The summed E-state index contributed by atoms with van der Waals surface area (Å²) in [7, 11) is 0. The number of pyridine rings is 1. The summed E-state index contributed by atoms with van der Waals surface area (Å²) in [4.78, 5) is 18.2. The Bertz CT molecular complexity index is 600. The second-order valence-corrected chi connectivity index (χ2v) is 5.58. The summed E-state index contributed by atoms with van der Waals surface area (Å²) in [6.45, 7) is 2.37. The molecular weight excluding hydrogens is 262 g/mol. The minimum absolute atomic E-state index is 0.121. The van der Waals surface area contributed by atoms with E-state index in [-0.39, 0.29) is 17.7 Å². The van der Waals surface area contributed by atoms with Crippen molar-refractivity contribution in [3.8, 4) is 0 Å². The van der Waals surface area contributed by atoms with Crippen molar-refractivity contribution in [1.29, 1.82) is 0 Å². The van der Waals surface area contributed by atoms with Crippen LogP contribution in [0.5, 0.6) is 0 Å². The van der Waals surface area contributed by atoms with Gasteiger partial charge in [-0.2, -0.15) is 0 Å². The molecule has 21 heavy (non-hydrogen) atoms. The maximum absolute atomic E-state index is 11.8. The summed E-state index contributed by atoms with van der Waals surface area (Å²) in [6.07, 6.45) is 3.64. The number of nitrogens with zero attached hydrogens (tertiary/aromatic N) is 2. The standard InChI is InChI=1S/C17H19N3O/c18-17(21)16-12-20(10-13-5-4-8-19-9-13)11-15(16)14-6-2-1-3-7-14/h1-9,15-16H,10-12H2,(H2,18,21)/t15-,16+/m0/s1. The van der Waals surface area contributed by atoms with Gasteiger partial charge in [-0.3, -0.25) is 14.7 Å². The second-order valence-electron chi connectivity index (χ2n) is 5.58. The largest absolute Gasteiger partial charge is 0.369 e.